The van der Waals surface area contributed by atoms with Crippen LogP contribution in [-0.4, -0.2) is 70.7 Å². The molecule has 7 nitrogen and oxygen atoms in total. The predicted octanol–water partition coefficient (Wildman–Crippen LogP) is 3.66. The second kappa shape index (κ2) is 17.2. The van der Waals surface area contributed by atoms with Crippen LogP contribution in [0.25, 0.3) is 0 Å². The van der Waals surface area contributed by atoms with Crippen LogP contribution in [-0.2, 0) is 19.1 Å². The van der Waals surface area contributed by atoms with E-state index in [0.717, 1.165) is 62.7 Å². The van der Waals surface area contributed by atoms with E-state index in [-0.39, 0.29) is 92.0 Å². The summed E-state index contributed by atoms with van der Waals surface area (Å²) in [6, 6.07) is 0. The van der Waals surface area contributed by atoms with Crippen LogP contribution >= 0.6 is 0 Å². The fraction of sp³-hybridized carbons (Fsp3) is 0.933. The molecule has 2 fully saturated rings. The van der Waals surface area contributed by atoms with E-state index in [1.807, 2.05) is 34.8 Å². The smallest absolute Gasteiger partial charge is 0.784 e. The zero-order valence-electron chi connectivity index (χ0n) is 26.7. The molecule has 0 radical (unpaired) electrons. The average Bonchev–Trinajstić information content (AvgIpc) is 2.77. The van der Waals surface area contributed by atoms with Gasteiger partial charge in [0.1, 0.15) is 12.4 Å². The zero-order chi connectivity index (χ0) is 28.5. The summed E-state index contributed by atoms with van der Waals surface area (Å²) < 4.78 is 11.1. The van der Waals surface area contributed by atoms with Gasteiger partial charge < -0.3 is 24.5 Å². The van der Waals surface area contributed by atoms with Crippen LogP contribution in [0.3, 0.4) is 0 Å². The molecule has 0 unspecified atom stereocenters. The van der Waals surface area contributed by atoms with Crippen molar-refractivity contribution in [3.63, 3.8) is 0 Å². The Morgan fingerprint density at radius 1 is 0.789 bits per heavy atom. The fourth-order valence-corrected chi connectivity index (χ4v) is 6.15. The van der Waals surface area contributed by atoms with Crippen molar-refractivity contribution >= 4 is 12.3 Å². The third kappa shape index (κ3) is 12.9. The number of esters is 1. The summed E-state index contributed by atoms with van der Waals surface area (Å²) in [6.45, 7) is 16.8. The van der Waals surface area contributed by atoms with Crippen LogP contribution < -0.4 is 68.9 Å². The van der Waals surface area contributed by atoms with Gasteiger partial charge in [0.2, 0.25) is 0 Å². The summed E-state index contributed by atoms with van der Waals surface area (Å²) in [5.74, 6) is -0.146. The van der Waals surface area contributed by atoms with Gasteiger partial charge >= 0.3 is 74.9 Å². The summed E-state index contributed by atoms with van der Waals surface area (Å²) >= 11 is 0. The fourth-order valence-electron chi connectivity index (χ4n) is 6.15. The van der Waals surface area contributed by atoms with Crippen molar-refractivity contribution in [3.8, 4) is 0 Å². The molecule has 0 N–H and O–H groups in total. The monoisotopic (exact) mass is 658 g/mol. The Hall–Kier alpha value is 1.03. The van der Waals surface area contributed by atoms with E-state index in [1.165, 1.54) is 0 Å². The molecule has 2 heterocycles. The van der Waals surface area contributed by atoms with Crippen molar-refractivity contribution in [1.82, 2.24) is 9.96 Å². The van der Waals surface area contributed by atoms with Gasteiger partial charge in [0.15, 0.2) is 0 Å². The van der Waals surface area contributed by atoms with Crippen LogP contribution in [0.1, 0.15) is 132 Å². The number of methoxy groups -OCH3 is 1. The first-order valence-corrected chi connectivity index (χ1v) is 14.4. The van der Waals surface area contributed by atoms with E-state index in [2.05, 4.69) is 39.6 Å². The largest absolute Gasteiger partial charge is 1.00 e. The number of rotatable bonds is 11. The topological polar surface area (TPSA) is 82.1 Å². The molecule has 0 spiro atoms. The molecule has 2 aliphatic heterocycles. The van der Waals surface area contributed by atoms with Crippen molar-refractivity contribution in [2.24, 2.45) is 0 Å². The van der Waals surface area contributed by atoms with E-state index in [4.69, 9.17) is 9.47 Å². The van der Waals surface area contributed by atoms with Crippen LogP contribution in [0.4, 0.5) is 0 Å². The summed E-state index contributed by atoms with van der Waals surface area (Å²) in [7, 11) is 4.04. The number of carbonyl (C=O) groups is 2. The normalized spacial score (nSPS) is 23.0. The molecule has 0 aromatic rings. The zero-order valence-corrected chi connectivity index (χ0v) is 32.9. The SMILES string of the molecule is CC1(C)CC(OC(=O)CCCCCCCCC=O)CC(C)(C)N1[O-].COC1CC(C)(C)N(C)C(C)(C)C1.[Cs+]. The molecule has 0 aromatic heterocycles. The Bertz CT molecular complexity index is 675. The van der Waals surface area contributed by atoms with Crippen molar-refractivity contribution in [2.45, 2.75) is 167 Å². The molecule has 2 rings (SSSR count). The Morgan fingerprint density at radius 3 is 1.66 bits per heavy atom. The molecule has 0 aromatic carbocycles. The van der Waals surface area contributed by atoms with Crippen molar-refractivity contribution in [2.75, 3.05) is 14.2 Å². The van der Waals surface area contributed by atoms with Gasteiger partial charge in [-0.1, -0.05) is 25.7 Å². The third-order valence-corrected chi connectivity index (χ3v) is 8.41. The molecule has 0 amide bonds. The standard InChI is InChI=1S/C19H34NO4.C11H23NO.Cs/c1-18(2)14-16(15-19(3,4)20(18)23)24-17(22)12-10-8-6-5-7-9-11-13-21;1-10(2)7-9(13-6)8-11(3,4)12(10)5;/h13,16H,5-12,14-15H2,1-4H3;9H,7-8H2,1-6H3;/q-1;;+1. The Kier molecular flexibility index (Phi) is 17.7. The number of hydrogen-bond donors (Lipinski definition) is 0. The predicted molar refractivity (Wildman–Crippen MR) is 151 cm³/mol. The van der Waals surface area contributed by atoms with Gasteiger partial charge in [-0.3, -0.25) is 9.69 Å². The van der Waals surface area contributed by atoms with E-state index >= 15 is 0 Å². The number of ether oxygens (including phenoxy) is 2. The van der Waals surface area contributed by atoms with Crippen LogP contribution in [0.5, 0.6) is 0 Å². The first-order chi connectivity index (χ1) is 17.0. The minimum absolute atomic E-state index is 0. The first-order valence-electron chi connectivity index (χ1n) is 14.4. The van der Waals surface area contributed by atoms with Crippen LogP contribution in [0, 0.1) is 5.21 Å². The number of nitrogens with zero attached hydrogens (tertiary/aromatic N) is 2. The Labute approximate surface area is 292 Å². The second-order valence-electron chi connectivity index (χ2n) is 13.7. The number of carbonyl (C=O) groups excluding carboxylic acids is 2. The van der Waals surface area contributed by atoms with Gasteiger partial charge in [-0.15, -0.1) is 0 Å². The molecular weight excluding hydrogens is 601 g/mol. The number of hydroxylamine groups is 2. The van der Waals surface area contributed by atoms with E-state index in [1.54, 1.807) is 0 Å². The molecule has 218 valence electrons. The van der Waals surface area contributed by atoms with E-state index in [9.17, 15) is 14.8 Å². The number of aldehydes is 1. The van der Waals surface area contributed by atoms with Crippen molar-refractivity contribution in [1.29, 1.82) is 0 Å². The second-order valence-corrected chi connectivity index (χ2v) is 13.7. The van der Waals surface area contributed by atoms with Gasteiger partial charge in [-0.05, 0) is 88.1 Å². The molecule has 38 heavy (non-hydrogen) atoms. The van der Waals surface area contributed by atoms with Gasteiger partial charge in [0.05, 0.1) is 6.10 Å². The average molecular weight is 659 g/mol. The third-order valence-electron chi connectivity index (χ3n) is 8.41. The van der Waals surface area contributed by atoms with Crippen LogP contribution in [0.15, 0.2) is 0 Å². The number of likely N-dealkylation sites (tertiary alicyclic amines) is 1. The van der Waals surface area contributed by atoms with Crippen molar-refractivity contribution in [3.05, 3.63) is 5.21 Å². The minimum atomic E-state index is -0.506. The maximum absolute atomic E-state index is 12.3. The van der Waals surface area contributed by atoms with Gasteiger partial charge in [0, 0.05) is 54.9 Å². The molecule has 2 aliphatic rings. The van der Waals surface area contributed by atoms with Gasteiger partial charge in [-0.2, -0.15) is 0 Å². The Morgan fingerprint density at radius 2 is 1.21 bits per heavy atom. The van der Waals surface area contributed by atoms with Crippen molar-refractivity contribution < 1.29 is 88.0 Å². The maximum Gasteiger partial charge on any atom is 1.00 e. The number of unbranched alkanes of at least 4 members (excludes halogenated alkanes) is 6. The summed E-state index contributed by atoms with van der Waals surface area (Å²) in [5, 5.41) is 13.4. The van der Waals surface area contributed by atoms with Crippen LogP contribution in [0.2, 0.25) is 0 Å². The molecular formula is C30H57CsN2O5. The van der Waals surface area contributed by atoms with Gasteiger partial charge in [-0.25, -0.2) is 0 Å². The molecule has 0 bridgehead atoms. The molecule has 0 aliphatic carbocycles. The molecule has 2 saturated heterocycles. The number of hydrogen-bond acceptors (Lipinski definition) is 7. The quantitative estimate of drug-likeness (QED) is 0.191. The summed E-state index contributed by atoms with van der Waals surface area (Å²) in [5.41, 5.74) is -0.507. The number of piperidine rings is 2. The Balaban J connectivity index is 0.000000827. The first kappa shape index (κ1) is 39.0. The molecule has 0 saturated carbocycles. The summed E-state index contributed by atoms with van der Waals surface area (Å²) in [4.78, 5) is 24.7. The maximum atomic E-state index is 12.3. The minimum Gasteiger partial charge on any atom is -0.784 e. The molecule has 0 atom stereocenters. The van der Waals surface area contributed by atoms with E-state index in [0.29, 0.717) is 31.8 Å². The summed E-state index contributed by atoms with van der Waals surface area (Å²) in [6.07, 6.45) is 11.9. The van der Waals surface area contributed by atoms with E-state index < -0.39 is 11.1 Å². The molecule has 8 heteroatoms. The van der Waals surface area contributed by atoms with Gasteiger partial charge in [0.25, 0.3) is 0 Å².